The topological polar surface area (TPSA) is 50.9 Å². The molecule has 0 aliphatic heterocycles. The van der Waals surface area contributed by atoms with Crippen molar-refractivity contribution >= 4 is 11.0 Å². The largest absolute Gasteiger partial charge is 0.507 e. The van der Waals surface area contributed by atoms with Crippen LogP contribution in [0.3, 0.4) is 0 Å². The lowest BCUT2D eigenvalue weighted by Crippen LogP contribution is -2.17. The Labute approximate surface area is 468 Å². The van der Waals surface area contributed by atoms with Gasteiger partial charge in [0.15, 0.2) is 0 Å². The van der Waals surface area contributed by atoms with E-state index in [9.17, 15) is 7.85 Å². The second-order valence-electron chi connectivity index (χ2n) is 22.1. The number of para-hydroxylation sites is 1. The molecule has 4 nitrogen and oxygen atoms in total. The molecule has 9 rings (SSSR count). The van der Waals surface area contributed by atoms with Gasteiger partial charge in [0, 0.05) is 62.8 Å². The molecule has 0 spiro atoms. The summed E-state index contributed by atoms with van der Waals surface area (Å²) in [6, 6.07) is 37.8. The van der Waals surface area contributed by atoms with Crippen LogP contribution in [0.5, 0.6) is 5.75 Å². The van der Waals surface area contributed by atoms with Gasteiger partial charge in [-0.25, -0.2) is 4.98 Å². The highest BCUT2D eigenvalue weighted by Gasteiger charge is 2.31. The van der Waals surface area contributed by atoms with Gasteiger partial charge in [-0.2, -0.15) is 0 Å². The molecule has 2 heterocycles. The van der Waals surface area contributed by atoms with E-state index in [1.165, 1.54) is 10.8 Å². The first-order valence-corrected chi connectivity index (χ1v) is 24.2. The number of nitrogens with zero attached hydrogens (tertiary/aromatic N) is 3. The van der Waals surface area contributed by atoms with Crippen LogP contribution in [0, 0.1) is 6.85 Å². The quantitative estimate of drug-likeness (QED) is 0.173. The van der Waals surface area contributed by atoms with Crippen LogP contribution in [-0.4, -0.2) is 19.6 Å². The first kappa shape index (κ1) is 29.6. The van der Waals surface area contributed by atoms with Crippen LogP contribution in [0.4, 0.5) is 0 Å². The number of phenolic OH excluding ortho intramolecular Hbond substituents is 1. The SMILES string of the molecule is [2H]c1c(-c2nc3c(-c4cc(-c5cc(-c6ccc(C(C)(C)C)cc6)c(C([2H])([2H])[2H])cn5)cc(C(C)(C)C)c4)cccc3n2-c2c(-c3ccccc3)cc(C(C)(C)C)cc2-c2ccccc2)c(O)c(C(C([2H])([2H])[2H])(C([2H])([2H])[2H])C([2H])([2H])[2H])c([2H])c1C(C([2H])([2H])[2H])(C([2H])([2H])[2H])C([2H])([2H])[2H]. The minimum atomic E-state index is -4.49. The Morgan fingerprint density at radius 2 is 1.03 bits per heavy atom. The molecule has 0 unspecified atom stereocenters. The molecule has 1 N–H and O–H groups in total. The molecule has 4 heteroatoms. The molecule has 7 aromatic carbocycles. The average molecular weight is 986 g/mol. The molecule has 0 atom stereocenters. The van der Waals surface area contributed by atoms with E-state index in [0.29, 0.717) is 50.2 Å². The van der Waals surface area contributed by atoms with Crippen molar-refractivity contribution in [1.29, 1.82) is 0 Å². The van der Waals surface area contributed by atoms with Gasteiger partial charge < -0.3 is 5.11 Å². The molecule has 0 saturated heterocycles. The van der Waals surface area contributed by atoms with Crippen molar-refractivity contribution < 1.29 is 36.6 Å². The van der Waals surface area contributed by atoms with Crippen LogP contribution in [0.15, 0.2) is 158 Å². The number of imidazole rings is 1. The molecule has 0 bridgehead atoms. The van der Waals surface area contributed by atoms with Gasteiger partial charge in [-0.3, -0.25) is 9.55 Å². The summed E-state index contributed by atoms with van der Waals surface area (Å²) in [6.07, 6.45) is 1.32. The molecule has 0 aliphatic carbocycles. The fourth-order valence-electron chi connectivity index (χ4n) is 9.22. The number of hydrogen-bond acceptors (Lipinski definition) is 3. The Kier molecular flexibility index (Phi) is 7.49. The van der Waals surface area contributed by atoms with E-state index in [1.54, 1.807) is 91.0 Å². The van der Waals surface area contributed by atoms with Gasteiger partial charge in [0.05, 0.1) is 30.7 Å². The normalized spacial score (nSPS) is 18.6. The third kappa shape index (κ3) is 10.1. The summed E-state index contributed by atoms with van der Waals surface area (Å²) >= 11 is 0. The summed E-state index contributed by atoms with van der Waals surface area (Å²) in [5.74, 6) is -2.46. The van der Waals surface area contributed by atoms with Crippen molar-refractivity contribution in [3.63, 3.8) is 0 Å². The lowest BCUT2D eigenvalue weighted by Gasteiger charge is -2.28. The maximum atomic E-state index is 13.5. The molecule has 0 saturated carbocycles. The number of fused-ring (bicyclic) bond motifs is 1. The highest BCUT2D eigenvalue weighted by molar-refractivity contribution is 6.00. The third-order valence-electron chi connectivity index (χ3n) is 13.4. The third-order valence-corrected chi connectivity index (χ3v) is 13.4. The molecule has 0 aliphatic rings. The highest BCUT2D eigenvalue weighted by atomic mass is 16.3. The van der Waals surface area contributed by atoms with E-state index in [4.69, 9.17) is 38.8 Å². The molecule has 0 fully saturated rings. The number of benzene rings is 7. The van der Waals surface area contributed by atoms with Gasteiger partial charge in [-0.15, -0.1) is 0 Å². The Bertz CT molecular complexity index is 4220. The molecule has 372 valence electrons. The molecule has 0 amide bonds. The first-order valence-electron chi connectivity index (χ1n) is 35.7. The Morgan fingerprint density at radius 3 is 1.59 bits per heavy atom. The van der Waals surface area contributed by atoms with Gasteiger partial charge in [-0.1, -0.05) is 213 Å². The van der Waals surface area contributed by atoms with E-state index >= 15 is 0 Å². The number of aromatic nitrogens is 3. The van der Waals surface area contributed by atoms with Crippen LogP contribution in [0.25, 0.3) is 83.9 Å². The van der Waals surface area contributed by atoms with Crippen LogP contribution in [0.2, 0.25) is 0 Å². The second kappa shape index (κ2) is 18.5. The maximum Gasteiger partial charge on any atom is 0.149 e. The van der Waals surface area contributed by atoms with Gasteiger partial charge >= 0.3 is 0 Å². The summed E-state index contributed by atoms with van der Waals surface area (Å²) in [4.78, 5) is 10.0. The number of pyridine rings is 1. The lowest BCUT2D eigenvalue weighted by molar-refractivity contribution is 0.446. The smallest absolute Gasteiger partial charge is 0.149 e. The van der Waals surface area contributed by atoms with Crippen LogP contribution >= 0.6 is 0 Å². The van der Waals surface area contributed by atoms with Crippen LogP contribution in [0.1, 0.15) is 168 Å². The number of phenols is 1. The van der Waals surface area contributed by atoms with Crippen molar-refractivity contribution in [3.8, 4) is 78.6 Å². The molecular formula is C69H75N3O. The Morgan fingerprint density at radius 1 is 0.466 bits per heavy atom. The maximum absolute atomic E-state index is 13.5. The van der Waals surface area contributed by atoms with Crippen molar-refractivity contribution in [3.05, 3.63) is 191 Å². The van der Waals surface area contributed by atoms with Crippen molar-refractivity contribution in [2.75, 3.05) is 0 Å². The van der Waals surface area contributed by atoms with Gasteiger partial charge in [0.25, 0.3) is 0 Å². The van der Waals surface area contributed by atoms with E-state index < -0.39 is 110 Å². The van der Waals surface area contributed by atoms with Gasteiger partial charge in [0.1, 0.15) is 11.6 Å². The predicted molar refractivity (Wildman–Crippen MR) is 311 cm³/mol. The van der Waals surface area contributed by atoms with E-state index in [-0.39, 0.29) is 33.3 Å². The fraction of sp³-hybridized carbons (Fsp3) is 0.304. The zero-order valence-electron chi connectivity index (χ0n) is 65.6. The highest BCUT2D eigenvalue weighted by Crippen LogP contribution is 2.48. The van der Waals surface area contributed by atoms with Crippen molar-refractivity contribution in [1.82, 2.24) is 14.5 Å². The zero-order valence-corrected chi connectivity index (χ0v) is 42.6. The summed E-state index contributed by atoms with van der Waals surface area (Å²) in [5.41, 5.74) is -8.26. The number of aryl methyl sites for hydroxylation is 1. The summed E-state index contributed by atoms with van der Waals surface area (Å²) in [6.45, 7) is -10.8. The predicted octanol–water partition coefficient (Wildman–Crippen LogP) is 18.9. The van der Waals surface area contributed by atoms with Crippen molar-refractivity contribution in [2.24, 2.45) is 0 Å². The van der Waals surface area contributed by atoms with E-state index in [1.807, 2.05) is 90.1 Å². The minimum absolute atomic E-state index is 0.00506. The second-order valence-corrected chi connectivity index (χ2v) is 22.1. The van der Waals surface area contributed by atoms with E-state index in [2.05, 4.69) is 20.8 Å². The standard InChI is InChI=1S/C69H75N3O/c1-43-42-70-59(41-54(43)46-30-32-49(33-31-46)65(2,3)4)48-34-47(35-50(36-48)66(5,6)7)53-28-23-29-60-61(53)71-64(57-39-52(68(11,12)13)40-58(63(57)73)69(14,15)16)72(60)62-55(44-24-19-17-20-25-44)37-51(67(8,9)10)38-56(62)45-26-21-18-22-27-45/h17-42,73H,1-16H3/i1D3,11D3,12D3,13D3,14D3,15D3,16D3,39D,40D. The van der Waals surface area contributed by atoms with E-state index in [0.717, 1.165) is 16.7 Å². The molecule has 0 radical (unpaired) electrons. The van der Waals surface area contributed by atoms with Crippen molar-refractivity contribution in [2.45, 2.75) is 137 Å². The average Bonchev–Trinajstić information content (AvgIpc) is 0.805. The number of rotatable bonds is 7. The molecule has 2 aromatic heterocycles. The summed E-state index contributed by atoms with van der Waals surface area (Å²) < 4.78 is 209. The number of aromatic hydroxyl groups is 1. The molecule has 9 aromatic rings. The Balaban J connectivity index is 1.59. The molecule has 73 heavy (non-hydrogen) atoms. The fourth-order valence-corrected chi connectivity index (χ4v) is 9.22. The monoisotopic (exact) mass is 985 g/mol. The molecular weight excluding hydrogens is 887 g/mol. The van der Waals surface area contributed by atoms with Crippen LogP contribution < -0.4 is 0 Å². The minimum Gasteiger partial charge on any atom is -0.507 e. The Hall–Kier alpha value is -7.04. The number of hydrogen-bond donors (Lipinski definition) is 1. The summed E-state index contributed by atoms with van der Waals surface area (Å²) in [7, 11) is 0. The zero-order chi connectivity index (χ0) is 71.8. The first-order chi connectivity index (χ1) is 43.7. The summed E-state index contributed by atoms with van der Waals surface area (Å²) in [5, 5.41) is 13.5. The van der Waals surface area contributed by atoms with Gasteiger partial charge in [0.2, 0.25) is 0 Å². The lowest BCUT2D eigenvalue weighted by atomic mass is 9.78. The van der Waals surface area contributed by atoms with Crippen LogP contribution in [-0.2, 0) is 27.1 Å². The van der Waals surface area contributed by atoms with Gasteiger partial charge in [-0.05, 0) is 132 Å².